The van der Waals surface area contributed by atoms with E-state index in [4.69, 9.17) is 0 Å². The van der Waals surface area contributed by atoms with Gasteiger partial charge >= 0.3 is 6.18 Å². The molecular formula is C12H14F5N. The van der Waals surface area contributed by atoms with E-state index < -0.39 is 30.3 Å². The second kappa shape index (κ2) is 6.13. The summed E-state index contributed by atoms with van der Waals surface area (Å²) in [6, 6.07) is 1.03. The van der Waals surface area contributed by atoms with Crippen LogP contribution in [-0.4, -0.2) is 18.8 Å². The van der Waals surface area contributed by atoms with Gasteiger partial charge in [0, 0.05) is 0 Å². The van der Waals surface area contributed by atoms with Crippen molar-refractivity contribution in [1.29, 1.82) is 0 Å². The number of hydrogen-bond donors (Lipinski definition) is 1. The number of nitrogens with one attached hydrogen (secondary N) is 1. The maximum Gasteiger partial charge on any atom is 0.404 e. The maximum atomic E-state index is 12.9. The highest BCUT2D eigenvalue weighted by atomic mass is 19.4. The van der Waals surface area contributed by atoms with Crippen LogP contribution in [0.25, 0.3) is 0 Å². The molecule has 0 fully saturated rings. The molecule has 18 heavy (non-hydrogen) atoms. The second-order valence-corrected chi connectivity index (χ2v) is 4.00. The van der Waals surface area contributed by atoms with E-state index in [9.17, 15) is 22.0 Å². The van der Waals surface area contributed by atoms with Crippen molar-refractivity contribution in [2.24, 2.45) is 0 Å². The fourth-order valence-corrected chi connectivity index (χ4v) is 1.52. The Morgan fingerprint density at radius 3 is 2.33 bits per heavy atom. The van der Waals surface area contributed by atoms with Gasteiger partial charge in [-0.25, -0.2) is 8.78 Å². The number of benzene rings is 1. The topological polar surface area (TPSA) is 12.0 Å². The second-order valence-electron chi connectivity index (χ2n) is 4.00. The molecule has 0 spiro atoms. The summed E-state index contributed by atoms with van der Waals surface area (Å²) in [6.07, 6.45) is -4.27. The van der Waals surface area contributed by atoms with E-state index in [2.05, 4.69) is 5.32 Å². The van der Waals surface area contributed by atoms with Gasteiger partial charge in [-0.05, 0) is 37.1 Å². The largest absolute Gasteiger partial charge is 0.404 e. The van der Waals surface area contributed by atoms with Crippen molar-refractivity contribution in [2.75, 3.05) is 6.54 Å². The molecule has 1 N–H and O–H groups in total. The molecule has 0 saturated heterocycles. The van der Waals surface area contributed by atoms with Gasteiger partial charge in [0.1, 0.15) is 6.04 Å². The van der Waals surface area contributed by atoms with Gasteiger partial charge in [-0.15, -0.1) is 0 Å². The third kappa shape index (κ3) is 4.25. The third-order valence-corrected chi connectivity index (χ3v) is 2.46. The molecule has 102 valence electrons. The Labute approximate surface area is 102 Å². The standard InChI is InChI=1S/C12H14F5N/c1-2-5-18-11(12(15,16)17)7-8-3-4-9(13)10(14)6-8/h3-4,6,11,18H,2,5,7H2,1H3. The predicted molar refractivity (Wildman–Crippen MR) is 58.2 cm³/mol. The molecule has 0 heterocycles. The number of hydrogen-bond acceptors (Lipinski definition) is 1. The van der Waals surface area contributed by atoms with Gasteiger partial charge < -0.3 is 5.32 Å². The van der Waals surface area contributed by atoms with Crippen LogP contribution in [-0.2, 0) is 6.42 Å². The van der Waals surface area contributed by atoms with E-state index in [1.54, 1.807) is 6.92 Å². The Kier molecular flexibility index (Phi) is 5.07. The fraction of sp³-hybridized carbons (Fsp3) is 0.500. The zero-order valence-electron chi connectivity index (χ0n) is 9.82. The number of alkyl halides is 3. The Balaban J connectivity index is 2.79. The zero-order valence-corrected chi connectivity index (χ0v) is 9.82. The molecule has 1 atom stereocenters. The molecule has 6 heteroatoms. The quantitative estimate of drug-likeness (QED) is 0.806. The summed E-state index contributed by atoms with van der Waals surface area (Å²) in [5.41, 5.74) is 0.111. The van der Waals surface area contributed by atoms with Crippen LogP contribution in [0.2, 0.25) is 0 Å². The molecule has 0 saturated carbocycles. The lowest BCUT2D eigenvalue weighted by atomic mass is 10.1. The normalized spacial score (nSPS) is 13.7. The Morgan fingerprint density at radius 1 is 1.17 bits per heavy atom. The summed E-state index contributed by atoms with van der Waals surface area (Å²) in [4.78, 5) is 0. The van der Waals surface area contributed by atoms with E-state index in [0.29, 0.717) is 6.42 Å². The first-order valence-corrected chi connectivity index (χ1v) is 5.58. The molecule has 1 aromatic rings. The summed E-state index contributed by atoms with van der Waals surface area (Å²) < 4.78 is 63.6. The van der Waals surface area contributed by atoms with Crippen LogP contribution in [0.5, 0.6) is 0 Å². The highest BCUT2D eigenvalue weighted by Gasteiger charge is 2.39. The first-order chi connectivity index (χ1) is 8.34. The van der Waals surface area contributed by atoms with E-state index in [1.807, 2.05) is 0 Å². The molecule has 0 aliphatic carbocycles. The van der Waals surface area contributed by atoms with Crippen LogP contribution < -0.4 is 5.32 Å². The number of rotatable bonds is 5. The highest BCUT2D eigenvalue weighted by Crippen LogP contribution is 2.23. The predicted octanol–water partition coefficient (Wildman–Crippen LogP) is 3.44. The Bertz CT molecular complexity index is 389. The van der Waals surface area contributed by atoms with E-state index in [1.165, 1.54) is 0 Å². The van der Waals surface area contributed by atoms with Gasteiger partial charge in [0.05, 0.1) is 0 Å². The fourth-order valence-electron chi connectivity index (χ4n) is 1.52. The van der Waals surface area contributed by atoms with Gasteiger partial charge in [0.15, 0.2) is 11.6 Å². The Hall–Kier alpha value is -1.17. The van der Waals surface area contributed by atoms with Crippen molar-refractivity contribution in [2.45, 2.75) is 32.0 Å². The highest BCUT2D eigenvalue weighted by molar-refractivity contribution is 5.19. The zero-order chi connectivity index (χ0) is 13.8. The SMILES string of the molecule is CCCNC(Cc1ccc(F)c(F)c1)C(F)(F)F. The van der Waals surface area contributed by atoms with E-state index in [-0.39, 0.29) is 12.1 Å². The van der Waals surface area contributed by atoms with Crippen molar-refractivity contribution < 1.29 is 22.0 Å². The Morgan fingerprint density at radius 2 is 1.83 bits per heavy atom. The molecule has 0 aliphatic rings. The molecule has 1 unspecified atom stereocenters. The van der Waals surface area contributed by atoms with Gasteiger partial charge in [-0.2, -0.15) is 13.2 Å². The van der Waals surface area contributed by atoms with Crippen LogP contribution >= 0.6 is 0 Å². The van der Waals surface area contributed by atoms with Crippen molar-refractivity contribution in [3.63, 3.8) is 0 Å². The molecule has 1 nitrogen and oxygen atoms in total. The maximum absolute atomic E-state index is 12.9. The monoisotopic (exact) mass is 267 g/mol. The minimum absolute atomic E-state index is 0.111. The molecular weight excluding hydrogens is 253 g/mol. The summed E-state index contributed by atoms with van der Waals surface area (Å²) in [5.74, 6) is -2.20. The minimum atomic E-state index is -4.42. The van der Waals surface area contributed by atoms with Crippen LogP contribution in [0.4, 0.5) is 22.0 Å². The van der Waals surface area contributed by atoms with Crippen molar-refractivity contribution in [1.82, 2.24) is 5.32 Å². The summed E-state index contributed by atoms with van der Waals surface area (Å²) in [5, 5.41) is 2.35. The van der Waals surface area contributed by atoms with Gasteiger partial charge in [-0.1, -0.05) is 13.0 Å². The van der Waals surface area contributed by atoms with Crippen molar-refractivity contribution in [3.8, 4) is 0 Å². The lowest BCUT2D eigenvalue weighted by molar-refractivity contribution is -0.155. The van der Waals surface area contributed by atoms with Crippen LogP contribution in [0, 0.1) is 11.6 Å². The van der Waals surface area contributed by atoms with Crippen LogP contribution in [0.15, 0.2) is 18.2 Å². The van der Waals surface area contributed by atoms with Crippen LogP contribution in [0.1, 0.15) is 18.9 Å². The first-order valence-electron chi connectivity index (χ1n) is 5.58. The average molecular weight is 267 g/mol. The molecule has 1 aromatic carbocycles. The molecule has 0 aliphatic heterocycles. The van der Waals surface area contributed by atoms with E-state index >= 15 is 0 Å². The van der Waals surface area contributed by atoms with Crippen molar-refractivity contribution in [3.05, 3.63) is 35.4 Å². The minimum Gasteiger partial charge on any atom is -0.306 e. The van der Waals surface area contributed by atoms with Gasteiger partial charge in [0.2, 0.25) is 0 Å². The van der Waals surface area contributed by atoms with Gasteiger partial charge in [0.25, 0.3) is 0 Å². The van der Waals surface area contributed by atoms with Crippen LogP contribution in [0.3, 0.4) is 0 Å². The van der Waals surface area contributed by atoms with Crippen molar-refractivity contribution >= 4 is 0 Å². The average Bonchev–Trinajstić information content (AvgIpc) is 2.27. The molecule has 1 rings (SSSR count). The molecule has 0 bridgehead atoms. The number of halogens is 5. The van der Waals surface area contributed by atoms with E-state index in [0.717, 1.165) is 18.2 Å². The summed E-state index contributed by atoms with van der Waals surface area (Å²) in [6.45, 7) is 1.96. The lowest BCUT2D eigenvalue weighted by Gasteiger charge is -2.21. The third-order valence-electron chi connectivity index (χ3n) is 2.46. The molecule has 0 amide bonds. The molecule has 0 radical (unpaired) electrons. The smallest absolute Gasteiger partial charge is 0.306 e. The lowest BCUT2D eigenvalue weighted by Crippen LogP contribution is -2.44. The summed E-state index contributed by atoms with van der Waals surface area (Å²) in [7, 11) is 0. The van der Waals surface area contributed by atoms with Gasteiger partial charge in [-0.3, -0.25) is 0 Å². The summed E-state index contributed by atoms with van der Waals surface area (Å²) >= 11 is 0. The molecule has 0 aromatic heterocycles. The first kappa shape index (κ1) is 14.9.